The first-order valence-corrected chi connectivity index (χ1v) is 7.88. The molecule has 4 nitrogen and oxygen atoms in total. The standard InChI is InChI=1S/C17H26N2O2/c1-12(2)9-11-19-10-5-6-15(17(19)21)16(20)18(4)13(3)14-7-8-14/h5-6,10,12-14H,7-9,11H2,1-4H3. The molecule has 4 heteroatoms. The molecule has 116 valence electrons. The van der Waals surface area contributed by atoms with E-state index in [1.54, 1.807) is 34.8 Å². The predicted molar refractivity (Wildman–Crippen MR) is 84.4 cm³/mol. The van der Waals surface area contributed by atoms with Crippen LogP contribution in [0.1, 0.15) is 50.4 Å². The average molecular weight is 290 g/mol. The topological polar surface area (TPSA) is 42.3 Å². The number of carbonyl (C=O) groups is 1. The highest BCUT2D eigenvalue weighted by atomic mass is 16.2. The molecule has 1 heterocycles. The number of amides is 1. The van der Waals surface area contributed by atoms with Gasteiger partial charge >= 0.3 is 0 Å². The van der Waals surface area contributed by atoms with E-state index in [0.29, 0.717) is 18.4 Å². The highest BCUT2D eigenvalue weighted by Crippen LogP contribution is 2.34. The van der Waals surface area contributed by atoms with E-state index >= 15 is 0 Å². The molecule has 1 aromatic heterocycles. The molecule has 0 spiro atoms. The fourth-order valence-corrected chi connectivity index (χ4v) is 2.54. The summed E-state index contributed by atoms with van der Waals surface area (Å²) >= 11 is 0. The fourth-order valence-electron chi connectivity index (χ4n) is 2.54. The maximum absolute atomic E-state index is 12.5. The SMILES string of the molecule is CC(C)CCn1cccc(C(=O)N(C)C(C)C2CC2)c1=O. The van der Waals surface area contributed by atoms with Crippen LogP contribution in [0, 0.1) is 11.8 Å². The Labute approximate surface area is 126 Å². The van der Waals surface area contributed by atoms with Gasteiger partial charge in [-0.25, -0.2) is 0 Å². The van der Waals surface area contributed by atoms with E-state index < -0.39 is 0 Å². The van der Waals surface area contributed by atoms with Crippen molar-refractivity contribution in [3.63, 3.8) is 0 Å². The van der Waals surface area contributed by atoms with E-state index in [9.17, 15) is 9.59 Å². The molecule has 0 bridgehead atoms. The van der Waals surface area contributed by atoms with Gasteiger partial charge in [-0.3, -0.25) is 9.59 Å². The molecule has 1 unspecified atom stereocenters. The Morgan fingerprint density at radius 2 is 2.05 bits per heavy atom. The third kappa shape index (κ3) is 3.74. The van der Waals surface area contributed by atoms with Crippen molar-refractivity contribution in [2.45, 2.75) is 52.6 Å². The zero-order chi connectivity index (χ0) is 15.6. The van der Waals surface area contributed by atoms with E-state index in [-0.39, 0.29) is 23.1 Å². The molecule has 0 N–H and O–H groups in total. The highest BCUT2D eigenvalue weighted by molar-refractivity contribution is 5.93. The molecule has 1 aromatic rings. The fraction of sp³-hybridized carbons (Fsp3) is 0.647. The number of aromatic nitrogens is 1. The Morgan fingerprint density at radius 3 is 2.62 bits per heavy atom. The molecule has 0 saturated heterocycles. The van der Waals surface area contributed by atoms with Gasteiger partial charge in [0.25, 0.3) is 11.5 Å². The minimum Gasteiger partial charge on any atom is -0.339 e. The van der Waals surface area contributed by atoms with Gasteiger partial charge in [-0.2, -0.15) is 0 Å². The molecule has 1 saturated carbocycles. The quantitative estimate of drug-likeness (QED) is 0.808. The zero-order valence-electron chi connectivity index (χ0n) is 13.5. The molecule has 1 aliphatic carbocycles. The molecule has 1 atom stereocenters. The van der Waals surface area contributed by atoms with Gasteiger partial charge in [-0.1, -0.05) is 13.8 Å². The Bertz CT molecular complexity index is 558. The monoisotopic (exact) mass is 290 g/mol. The van der Waals surface area contributed by atoms with Gasteiger partial charge in [-0.05, 0) is 50.2 Å². The van der Waals surface area contributed by atoms with Gasteiger partial charge in [0.2, 0.25) is 0 Å². The second-order valence-corrected chi connectivity index (χ2v) is 6.60. The Hall–Kier alpha value is -1.58. The number of hydrogen-bond donors (Lipinski definition) is 0. The summed E-state index contributed by atoms with van der Waals surface area (Å²) in [7, 11) is 1.80. The molecular weight excluding hydrogens is 264 g/mol. The summed E-state index contributed by atoms with van der Waals surface area (Å²) in [4.78, 5) is 26.7. The molecule has 1 amide bonds. The number of carbonyl (C=O) groups excluding carboxylic acids is 1. The Morgan fingerprint density at radius 1 is 1.38 bits per heavy atom. The molecule has 2 rings (SSSR count). The van der Waals surface area contributed by atoms with Crippen molar-refractivity contribution in [2.24, 2.45) is 11.8 Å². The lowest BCUT2D eigenvalue weighted by Crippen LogP contribution is -2.40. The lowest BCUT2D eigenvalue weighted by molar-refractivity contribution is 0.0725. The molecule has 1 fully saturated rings. The maximum Gasteiger partial charge on any atom is 0.263 e. The zero-order valence-corrected chi connectivity index (χ0v) is 13.5. The summed E-state index contributed by atoms with van der Waals surface area (Å²) in [6.45, 7) is 6.99. The first kappa shape index (κ1) is 15.8. The van der Waals surface area contributed by atoms with Crippen LogP contribution in [0.25, 0.3) is 0 Å². The van der Waals surface area contributed by atoms with Gasteiger partial charge in [0, 0.05) is 25.8 Å². The Kier molecular flexibility index (Phi) is 4.86. The first-order valence-electron chi connectivity index (χ1n) is 7.88. The van der Waals surface area contributed by atoms with Crippen molar-refractivity contribution in [1.82, 2.24) is 9.47 Å². The smallest absolute Gasteiger partial charge is 0.263 e. The van der Waals surface area contributed by atoms with Crippen LogP contribution < -0.4 is 5.56 Å². The van der Waals surface area contributed by atoms with E-state index in [0.717, 1.165) is 6.42 Å². The Balaban J connectivity index is 2.17. The summed E-state index contributed by atoms with van der Waals surface area (Å²) in [5.74, 6) is 0.984. The second kappa shape index (κ2) is 6.46. The highest BCUT2D eigenvalue weighted by Gasteiger charge is 2.33. The third-order valence-corrected chi connectivity index (χ3v) is 4.43. The normalized spacial score (nSPS) is 16.0. The van der Waals surface area contributed by atoms with Gasteiger partial charge in [0.05, 0.1) is 0 Å². The van der Waals surface area contributed by atoms with Crippen molar-refractivity contribution in [2.75, 3.05) is 7.05 Å². The molecule has 0 aliphatic heterocycles. The molecule has 0 radical (unpaired) electrons. The predicted octanol–water partition coefficient (Wildman–Crippen LogP) is 2.76. The van der Waals surface area contributed by atoms with Gasteiger partial charge < -0.3 is 9.47 Å². The summed E-state index contributed by atoms with van der Waals surface area (Å²) in [6, 6.07) is 3.65. The average Bonchev–Trinajstić information content (AvgIpc) is 3.28. The van der Waals surface area contributed by atoms with Crippen LogP contribution in [-0.2, 0) is 6.54 Å². The molecular formula is C17H26N2O2. The second-order valence-electron chi connectivity index (χ2n) is 6.60. The lowest BCUT2D eigenvalue weighted by Gasteiger charge is -2.24. The summed E-state index contributed by atoms with van der Waals surface area (Å²) in [6.07, 6.45) is 5.08. The van der Waals surface area contributed by atoms with Crippen molar-refractivity contribution in [3.8, 4) is 0 Å². The number of aryl methyl sites for hydroxylation is 1. The number of pyridine rings is 1. The van der Waals surface area contributed by atoms with E-state index in [2.05, 4.69) is 20.8 Å². The van der Waals surface area contributed by atoms with Crippen LogP contribution in [0.2, 0.25) is 0 Å². The van der Waals surface area contributed by atoms with E-state index in [1.165, 1.54) is 12.8 Å². The summed E-state index contributed by atoms with van der Waals surface area (Å²) in [5.41, 5.74) is 0.120. The van der Waals surface area contributed by atoms with Gasteiger partial charge in [0.1, 0.15) is 5.56 Å². The van der Waals surface area contributed by atoms with Crippen LogP contribution in [0.5, 0.6) is 0 Å². The molecule has 1 aliphatic rings. The van der Waals surface area contributed by atoms with Crippen LogP contribution in [0.4, 0.5) is 0 Å². The molecule has 0 aromatic carbocycles. The number of rotatable bonds is 6. The van der Waals surface area contributed by atoms with Crippen molar-refractivity contribution >= 4 is 5.91 Å². The first-order chi connectivity index (χ1) is 9.91. The number of hydrogen-bond acceptors (Lipinski definition) is 2. The van der Waals surface area contributed by atoms with Crippen LogP contribution in [-0.4, -0.2) is 28.5 Å². The minimum atomic E-state index is -0.169. The summed E-state index contributed by atoms with van der Waals surface area (Å²) in [5, 5.41) is 0. The van der Waals surface area contributed by atoms with Crippen molar-refractivity contribution < 1.29 is 4.79 Å². The lowest BCUT2D eigenvalue weighted by atomic mass is 10.1. The van der Waals surface area contributed by atoms with Gasteiger partial charge in [0.15, 0.2) is 0 Å². The van der Waals surface area contributed by atoms with Crippen LogP contribution >= 0.6 is 0 Å². The van der Waals surface area contributed by atoms with Crippen LogP contribution in [0.3, 0.4) is 0 Å². The third-order valence-electron chi connectivity index (χ3n) is 4.43. The van der Waals surface area contributed by atoms with Crippen molar-refractivity contribution in [1.29, 1.82) is 0 Å². The van der Waals surface area contributed by atoms with E-state index in [1.807, 2.05) is 0 Å². The van der Waals surface area contributed by atoms with E-state index in [4.69, 9.17) is 0 Å². The summed E-state index contributed by atoms with van der Waals surface area (Å²) < 4.78 is 1.66. The van der Waals surface area contributed by atoms with Gasteiger partial charge in [-0.15, -0.1) is 0 Å². The minimum absolute atomic E-state index is 0.154. The van der Waals surface area contributed by atoms with Crippen molar-refractivity contribution in [3.05, 3.63) is 34.2 Å². The maximum atomic E-state index is 12.5. The largest absolute Gasteiger partial charge is 0.339 e. The molecule has 21 heavy (non-hydrogen) atoms. The number of nitrogens with zero attached hydrogens (tertiary/aromatic N) is 2. The van der Waals surface area contributed by atoms with Crippen LogP contribution in [0.15, 0.2) is 23.1 Å².